The number of hydrogen-bond acceptors (Lipinski definition) is 7. The van der Waals surface area contributed by atoms with Crippen LogP contribution in [0.2, 0.25) is 5.15 Å². The molecule has 1 saturated heterocycles. The molecule has 0 bridgehead atoms. The number of pyridine rings is 2. The standard InChI is InChI=1S/C26H23ClN6O2/c1-15-16(2)23(32-25(27)21(15)13-28)26(34)31-19-4-3-18-14-30-24(20(18)12-19)17-5-6-29-22(11-17)33-7-9-35-10-8-33/h3-6,11-12H,7-10,14H2,1-2H3,(H,31,34). The van der Waals surface area contributed by atoms with Gasteiger partial charge in [0.05, 0.1) is 31.0 Å². The normalized spacial score (nSPS) is 14.8. The highest BCUT2D eigenvalue weighted by molar-refractivity contribution is 6.31. The largest absolute Gasteiger partial charge is 0.378 e. The number of nitrogens with zero attached hydrogens (tertiary/aromatic N) is 5. The number of nitrogens with one attached hydrogen (secondary N) is 1. The number of halogens is 1. The number of amides is 1. The number of carbonyl (C=O) groups excluding carboxylic acids is 1. The van der Waals surface area contributed by atoms with Gasteiger partial charge in [-0.25, -0.2) is 9.97 Å². The number of aromatic nitrogens is 2. The Morgan fingerprint density at radius 1 is 1.17 bits per heavy atom. The molecular formula is C26H23ClN6O2. The first-order valence-electron chi connectivity index (χ1n) is 11.3. The molecule has 3 aromatic rings. The van der Waals surface area contributed by atoms with Gasteiger partial charge in [-0.15, -0.1) is 0 Å². The van der Waals surface area contributed by atoms with Crippen molar-refractivity contribution in [2.24, 2.45) is 4.99 Å². The van der Waals surface area contributed by atoms with Gasteiger partial charge in [0.15, 0.2) is 0 Å². The molecule has 1 N–H and O–H groups in total. The van der Waals surface area contributed by atoms with E-state index in [0.717, 1.165) is 41.3 Å². The molecule has 0 spiro atoms. The second kappa shape index (κ2) is 9.45. The van der Waals surface area contributed by atoms with Crippen LogP contribution in [0.1, 0.15) is 43.9 Å². The van der Waals surface area contributed by atoms with Crippen molar-refractivity contribution >= 4 is 34.7 Å². The first-order chi connectivity index (χ1) is 17.0. The Morgan fingerprint density at radius 2 is 1.97 bits per heavy atom. The van der Waals surface area contributed by atoms with Crippen molar-refractivity contribution in [2.75, 3.05) is 36.5 Å². The minimum absolute atomic E-state index is 0.0258. The van der Waals surface area contributed by atoms with Crippen molar-refractivity contribution in [1.29, 1.82) is 5.26 Å². The van der Waals surface area contributed by atoms with Crippen LogP contribution in [0.25, 0.3) is 0 Å². The van der Waals surface area contributed by atoms with Gasteiger partial charge in [0, 0.05) is 36.1 Å². The van der Waals surface area contributed by atoms with E-state index in [4.69, 9.17) is 21.3 Å². The number of morpholine rings is 1. The third-order valence-corrected chi connectivity index (χ3v) is 6.69. The Morgan fingerprint density at radius 3 is 2.74 bits per heavy atom. The Bertz CT molecular complexity index is 1410. The van der Waals surface area contributed by atoms with Gasteiger partial charge in [0.25, 0.3) is 5.91 Å². The van der Waals surface area contributed by atoms with Crippen LogP contribution < -0.4 is 10.2 Å². The summed E-state index contributed by atoms with van der Waals surface area (Å²) in [5.74, 6) is 0.521. The SMILES string of the molecule is Cc1c(C(=O)Nc2ccc3c(c2)C(c2ccnc(N4CCOCC4)c2)=NC3)nc(Cl)c(C#N)c1C. The molecular weight excluding hydrogens is 464 g/mol. The van der Waals surface area contributed by atoms with Gasteiger partial charge >= 0.3 is 0 Å². The number of hydrogen-bond donors (Lipinski definition) is 1. The summed E-state index contributed by atoms with van der Waals surface area (Å²) in [6.45, 7) is 7.10. The van der Waals surface area contributed by atoms with Gasteiger partial charge in [-0.05, 0) is 54.8 Å². The van der Waals surface area contributed by atoms with Crippen molar-refractivity contribution < 1.29 is 9.53 Å². The first-order valence-corrected chi connectivity index (χ1v) is 11.7. The number of carbonyl (C=O) groups is 1. The molecule has 5 rings (SSSR count). The molecule has 2 aliphatic rings. The van der Waals surface area contributed by atoms with E-state index in [0.29, 0.717) is 36.6 Å². The van der Waals surface area contributed by atoms with Crippen LogP contribution in [0, 0.1) is 25.2 Å². The van der Waals surface area contributed by atoms with Crippen LogP contribution >= 0.6 is 11.6 Å². The molecule has 0 radical (unpaired) electrons. The fraction of sp³-hybridized carbons (Fsp3) is 0.269. The van der Waals surface area contributed by atoms with Gasteiger partial charge in [-0.3, -0.25) is 9.79 Å². The van der Waals surface area contributed by atoms with E-state index in [2.05, 4.69) is 26.3 Å². The quantitative estimate of drug-likeness (QED) is 0.558. The zero-order chi connectivity index (χ0) is 24.5. The van der Waals surface area contributed by atoms with Crippen LogP contribution in [-0.4, -0.2) is 47.9 Å². The van der Waals surface area contributed by atoms with Crippen molar-refractivity contribution in [2.45, 2.75) is 20.4 Å². The average Bonchev–Trinajstić information content (AvgIpc) is 3.30. The molecule has 0 aliphatic carbocycles. The van der Waals surface area contributed by atoms with Crippen LogP contribution in [0.5, 0.6) is 0 Å². The number of anilines is 2. The topological polar surface area (TPSA) is 104 Å². The molecule has 0 unspecified atom stereocenters. The Hall–Kier alpha value is -3.80. The summed E-state index contributed by atoms with van der Waals surface area (Å²) in [5, 5.41) is 12.2. The van der Waals surface area contributed by atoms with Crippen LogP contribution in [0.3, 0.4) is 0 Å². The monoisotopic (exact) mass is 486 g/mol. The number of ether oxygens (including phenoxy) is 1. The molecule has 8 nitrogen and oxygen atoms in total. The third-order valence-electron chi connectivity index (χ3n) is 6.42. The highest BCUT2D eigenvalue weighted by Gasteiger charge is 2.22. The van der Waals surface area contributed by atoms with Crippen molar-refractivity contribution in [1.82, 2.24) is 9.97 Å². The minimum Gasteiger partial charge on any atom is -0.378 e. The summed E-state index contributed by atoms with van der Waals surface area (Å²) in [6.07, 6.45) is 1.80. The lowest BCUT2D eigenvalue weighted by molar-refractivity contribution is 0.102. The highest BCUT2D eigenvalue weighted by Crippen LogP contribution is 2.28. The van der Waals surface area contributed by atoms with Crippen LogP contribution in [0.15, 0.2) is 41.5 Å². The number of rotatable bonds is 4. The van der Waals surface area contributed by atoms with E-state index in [9.17, 15) is 10.1 Å². The van der Waals surface area contributed by atoms with E-state index < -0.39 is 0 Å². The summed E-state index contributed by atoms with van der Waals surface area (Å²) >= 11 is 6.14. The second-order valence-electron chi connectivity index (χ2n) is 8.48. The number of benzene rings is 1. The smallest absolute Gasteiger partial charge is 0.274 e. The molecule has 35 heavy (non-hydrogen) atoms. The van der Waals surface area contributed by atoms with Gasteiger partial charge in [0.2, 0.25) is 0 Å². The zero-order valence-corrected chi connectivity index (χ0v) is 20.2. The van der Waals surface area contributed by atoms with Gasteiger partial charge in [-0.1, -0.05) is 17.7 Å². The van der Waals surface area contributed by atoms with Crippen LogP contribution in [0.4, 0.5) is 11.5 Å². The summed E-state index contributed by atoms with van der Waals surface area (Å²) in [7, 11) is 0. The third kappa shape index (κ3) is 4.36. The first kappa shape index (κ1) is 23.0. The molecule has 0 saturated carbocycles. The molecule has 176 valence electrons. The Labute approximate surface area is 208 Å². The van der Waals surface area contributed by atoms with Gasteiger partial charge in [-0.2, -0.15) is 5.26 Å². The summed E-state index contributed by atoms with van der Waals surface area (Å²) in [5.41, 5.74) is 6.31. The molecule has 2 aromatic heterocycles. The molecule has 9 heteroatoms. The van der Waals surface area contributed by atoms with E-state index in [1.807, 2.05) is 30.3 Å². The highest BCUT2D eigenvalue weighted by atomic mass is 35.5. The maximum atomic E-state index is 13.0. The lowest BCUT2D eigenvalue weighted by Gasteiger charge is -2.28. The van der Waals surface area contributed by atoms with Gasteiger partial charge < -0.3 is 15.0 Å². The predicted molar refractivity (Wildman–Crippen MR) is 134 cm³/mol. The van der Waals surface area contributed by atoms with E-state index in [1.165, 1.54) is 0 Å². The molecule has 1 fully saturated rings. The second-order valence-corrected chi connectivity index (χ2v) is 8.84. The minimum atomic E-state index is -0.382. The fourth-order valence-corrected chi connectivity index (χ4v) is 4.61. The molecule has 1 amide bonds. The van der Waals surface area contributed by atoms with E-state index in [-0.39, 0.29) is 22.3 Å². The molecule has 0 atom stereocenters. The molecule has 4 heterocycles. The van der Waals surface area contributed by atoms with E-state index in [1.54, 1.807) is 20.0 Å². The van der Waals surface area contributed by atoms with Crippen molar-refractivity contribution in [3.05, 3.63) is 80.8 Å². The summed E-state index contributed by atoms with van der Waals surface area (Å²) < 4.78 is 5.45. The number of nitriles is 1. The molecule has 1 aromatic carbocycles. The van der Waals surface area contributed by atoms with E-state index >= 15 is 0 Å². The lowest BCUT2D eigenvalue weighted by Crippen LogP contribution is -2.36. The molecule has 2 aliphatic heterocycles. The maximum absolute atomic E-state index is 13.0. The summed E-state index contributed by atoms with van der Waals surface area (Å²) in [4.78, 5) is 28.7. The number of aliphatic imine (C=N–C) groups is 1. The van der Waals surface area contributed by atoms with Gasteiger partial charge in [0.1, 0.15) is 22.7 Å². The summed E-state index contributed by atoms with van der Waals surface area (Å²) in [6, 6.07) is 11.8. The zero-order valence-electron chi connectivity index (χ0n) is 19.4. The lowest BCUT2D eigenvalue weighted by atomic mass is 9.99. The maximum Gasteiger partial charge on any atom is 0.274 e. The fourth-order valence-electron chi connectivity index (χ4n) is 4.34. The van der Waals surface area contributed by atoms with Crippen molar-refractivity contribution in [3.63, 3.8) is 0 Å². The average molecular weight is 487 g/mol. The predicted octanol–water partition coefficient (Wildman–Crippen LogP) is 4.06. The number of fused-ring (bicyclic) bond motifs is 1. The van der Waals surface area contributed by atoms with Crippen molar-refractivity contribution in [3.8, 4) is 6.07 Å². The Balaban J connectivity index is 1.41. The van der Waals surface area contributed by atoms with Crippen LogP contribution in [-0.2, 0) is 11.3 Å². The Kier molecular flexibility index (Phi) is 6.20.